The van der Waals surface area contributed by atoms with E-state index < -0.39 is 10.1 Å². The van der Waals surface area contributed by atoms with Gasteiger partial charge in [-0.05, 0) is 49.3 Å². The molecule has 156 valence electrons. The van der Waals surface area contributed by atoms with Crippen LogP contribution >= 0.6 is 0 Å². The molecule has 2 aliphatic carbocycles. The summed E-state index contributed by atoms with van der Waals surface area (Å²) >= 11 is 0. The maximum Gasteiger partial charge on any atom is 0.309 e. The van der Waals surface area contributed by atoms with Gasteiger partial charge in [0, 0.05) is 0 Å². The van der Waals surface area contributed by atoms with Crippen molar-refractivity contribution in [1.82, 2.24) is 0 Å². The Hall–Kier alpha value is -2.18. The van der Waals surface area contributed by atoms with Gasteiger partial charge in [-0.3, -0.25) is 9.35 Å². The van der Waals surface area contributed by atoms with Crippen LogP contribution in [0.4, 0.5) is 0 Å². The molecule has 2 aromatic carbocycles. The Bertz CT molecular complexity index is 894. The third-order valence-electron chi connectivity index (χ3n) is 5.87. The van der Waals surface area contributed by atoms with Gasteiger partial charge in [0.2, 0.25) is 0 Å². The quantitative estimate of drug-likeness (QED) is 0.572. The van der Waals surface area contributed by atoms with Gasteiger partial charge in [-0.1, -0.05) is 67.3 Å². The molecule has 2 saturated carbocycles. The third kappa shape index (κ3) is 6.15. The lowest BCUT2D eigenvalue weighted by Gasteiger charge is -2.11. The van der Waals surface area contributed by atoms with Gasteiger partial charge in [0.15, 0.2) is 0 Å². The molecular formula is C23H28O5S. The molecule has 0 saturated heterocycles. The molecule has 0 amide bonds. The fraction of sp³-hybridized carbons (Fsp3) is 0.435. The van der Waals surface area contributed by atoms with Crippen LogP contribution < -0.4 is 0 Å². The largest absolute Gasteiger partial charge is 0.461 e. The van der Waals surface area contributed by atoms with Crippen LogP contribution in [-0.4, -0.2) is 18.9 Å². The van der Waals surface area contributed by atoms with E-state index in [1.54, 1.807) is 12.1 Å². The van der Waals surface area contributed by atoms with Crippen LogP contribution in [-0.2, 0) is 26.3 Å². The first kappa shape index (κ1) is 21.5. The molecule has 0 heterocycles. The second-order valence-corrected chi connectivity index (χ2v) is 9.42. The van der Waals surface area contributed by atoms with E-state index in [0.29, 0.717) is 6.61 Å². The zero-order chi connectivity index (χ0) is 20.9. The molecule has 5 nitrogen and oxygen atoms in total. The van der Waals surface area contributed by atoms with Gasteiger partial charge >= 0.3 is 5.97 Å². The lowest BCUT2D eigenvalue weighted by molar-refractivity contribution is -0.149. The van der Waals surface area contributed by atoms with Crippen LogP contribution in [0.2, 0.25) is 0 Å². The second-order valence-electron chi connectivity index (χ2n) is 8.00. The molecule has 2 aliphatic rings. The maximum atomic E-state index is 12.0. The Labute approximate surface area is 172 Å². The zero-order valence-corrected chi connectivity index (χ0v) is 17.5. The minimum absolute atomic E-state index is 0.0215. The van der Waals surface area contributed by atoms with Crippen molar-refractivity contribution in [2.75, 3.05) is 0 Å². The summed E-state index contributed by atoms with van der Waals surface area (Å²) < 4.78 is 35.0. The molecule has 0 bridgehead atoms. The number of hydrogen-bond acceptors (Lipinski definition) is 4. The SMILES string of the molecule is Cc1ccc(S(=O)(=O)O)cc1.O=C(OCc1ccccc1)C1C[C@H]2CCC[C@H]2C1. The highest BCUT2D eigenvalue weighted by atomic mass is 32.2. The number of rotatable bonds is 4. The molecule has 0 radical (unpaired) electrons. The van der Waals surface area contributed by atoms with Crippen LogP contribution in [0.3, 0.4) is 0 Å². The number of ether oxygens (including phenoxy) is 1. The highest BCUT2D eigenvalue weighted by Crippen LogP contribution is 2.47. The van der Waals surface area contributed by atoms with Crippen molar-refractivity contribution in [3.8, 4) is 0 Å². The van der Waals surface area contributed by atoms with Crippen molar-refractivity contribution in [3.63, 3.8) is 0 Å². The van der Waals surface area contributed by atoms with Crippen LogP contribution in [0.15, 0.2) is 59.5 Å². The van der Waals surface area contributed by atoms with E-state index >= 15 is 0 Å². The fourth-order valence-corrected chi connectivity index (χ4v) is 4.79. The molecule has 29 heavy (non-hydrogen) atoms. The van der Waals surface area contributed by atoms with E-state index in [1.165, 1.54) is 31.4 Å². The van der Waals surface area contributed by atoms with Gasteiger partial charge in [-0.25, -0.2) is 0 Å². The Morgan fingerprint density at radius 3 is 2.14 bits per heavy atom. The predicted molar refractivity (Wildman–Crippen MR) is 111 cm³/mol. The number of aryl methyl sites for hydroxylation is 1. The third-order valence-corrected chi connectivity index (χ3v) is 6.74. The molecule has 3 atom stereocenters. The average Bonchev–Trinajstić information content (AvgIpc) is 3.29. The summed E-state index contributed by atoms with van der Waals surface area (Å²) in [5.41, 5.74) is 2.03. The summed E-state index contributed by atoms with van der Waals surface area (Å²) in [6.07, 6.45) is 6.15. The van der Waals surface area contributed by atoms with Crippen molar-refractivity contribution in [3.05, 3.63) is 65.7 Å². The predicted octanol–water partition coefficient (Wildman–Crippen LogP) is 4.80. The molecule has 0 spiro atoms. The first-order chi connectivity index (χ1) is 13.8. The molecule has 0 aromatic heterocycles. The minimum Gasteiger partial charge on any atom is -0.461 e. The molecule has 0 aliphatic heterocycles. The van der Waals surface area contributed by atoms with E-state index in [2.05, 4.69) is 0 Å². The fourth-order valence-electron chi connectivity index (χ4n) is 4.31. The van der Waals surface area contributed by atoms with Crippen molar-refractivity contribution in [1.29, 1.82) is 0 Å². The van der Waals surface area contributed by atoms with E-state index in [4.69, 9.17) is 9.29 Å². The zero-order valence-electron chi connectivity index (χ0n) is 16.7. The topological polar surface area (TPSA) is 80.7 Å². The summed E-state index contributed by atoms with van der Waals surface area (Å²) in [6, 6.07) is 15.9. The lowest BCUT2D eigenvalue weighted by Crippen LogP contribution is -2.15. The molecule has 4 rings (SSSR count). The smallest absolute Gasteiger partial charge is 0.309 e. The van der Waals surface area contributed by atoms with Gasteiger partial charge < -0.3 is 4.74 Å². The number of fused-ring (bicyclic) bond motifs is 1. The summed E-state index contributed by atoms with van der Waals surface area (Å²) in [6.45, 7) is 2.26. The number of esters is 1. The number of carbonyl (C=O) groups is 1. The van der Waals surface area contributed by atoms with Gasteiger partial charge in [0.1, 0.15) is 6.61 Å². The Kier molecular flexibility index (Phi) is 7.09. The molecule has 2 aromatic rings. The molecule has 6 heteroatoms. The average molecular weight is 417 g/mol. The molecule has 1 unspecified atom stereocenters. The van der Waals surface area contributed by atoms with Crippen LogP contribution in [0.25, 0.3) is 0 Å². The summed E-state index contributed by atoms with van der Waals surface area (Å²) in [4.78, 5) is 12.0. The summed E-state index contributed by atoms with van der Waals surface area (Å²) in [5.74, 6) is 1.80. The Balaban J connectivity index is 0.000000188. The van der Waals surface area contributed by atoms with Gasteiger partial charge in [0.05, 0.1) is 10.8 Å². The normalized spacial score (nSPS) is 23.0. The van der Waals surface area contributed by atoms with E-state index in [9.17, 15) is 13.2 Å². The second kappa shape index (κ2) is 9.55. The Morgan fingerprint density at radius 2 is 1.59 bits per heavy atom. The van der Waals surface area contributed by atoms with E-state index in [1.807, 2.05) is 37.3 Å². The number of hydrogen-bond donors (Lipinski definition) is 1. The van der Waals surface area contributed by atoms with Crippen molar-refractivity contribution >= 4 is 16.1 Å². The number of benzene rings is 2. The first-order valence-corrected chi connectivity index (χ1v) is 11.5. The summed E-state index contributed by atoms with van der Waals surface area (Å²) in [7, 11) is -4.02. The van der Waals surface area contributed by atoms with Gasteiger partial charge in [-0.15, -0.1) is 0 Å². The highest BCUT2D eigenvalue weighted by molar-refractivity contribution is 7.85. The van der Waals surface area contributed by atoms with Gasteiger partial charge in [0.25, 0.3) is 10.1 Å². The molecule has 1 N–H and O–H groups in total. The van der Waals surface area contributed by atoms with E-state index in [0.717, 1.165) is 35.8 Å². The highest BCUT2D eigenvalue weighted by Gasteiger charge is 2.40. The van der Waals surface area contributed by atoms with Crippen LogP contribution in [0.5, 0.6) is 0 Å². The van der Waals surface area contributed by atoms with Crippen LogP contribution in [0, 0.1) is 24.7 Å². The van der Waals surface area contributed by atoms with Crippen LogP contribution in [0.1, 0.15) is 43.2 Å². The number of carbonyl (C=O) groups excluding carboxylic acids is 1. The first-order valence-electron chi connectivity index (χ1n) is 10.1. The monoisotopic (exact) mass is 416 g/mol. The maximum absolute atomic E-state index is 12.0. The minimum atomic E-state index is -4.02. The van der Waals surface area contributed by atoms with Crippen molar-refractivity contribution in [2.24, 2.45) is 17.8 Å². The lowest BCUT2D eigenvalue weighted by atomic mass is 10.0. The standard InChI is InChI=1S/C16H20O2.C7H8O3S/c17-16(18-11-12-5-2-1-3-6-12)15-9-13-7-4-8-14(13)10-15;1-6-2-4-7(5-3-6)11(8,9)10/h1-3,5-6,13-15H,4,7-11H2;2-5H,1H3,(H,8,9,10)/t13-,14+,15?;. The Morgan fingerprint density at radius 1 is 1.00 bits per heavy atom. The van der Waals surface area contributed by atoms with E-state index in [-0.39, 0.29) is 16.8 Å². The van der Waals surface area contributed by atoms with Crippen molar-refractivity contribution in [2.45, 2.75) is 50.5 Å². The van der Waals surface area contributed by atoms with Crippen molar-refractivity contribution < 1.29 is 22.5 Å². The molecule has 2 fully saturated rings. The van der Waals surface area contributed by atoms with Gasteiger partial charge in [-0.2, -0.15) is 8.42 Å². The summed E-state index contributed by atoms with van der Waals surface area (Å²) in [5, 5.41) is 0. The molecular weight excluding hydrogens is 388 g/mol.